The Labute approximate surface area is 68.4 Å². The number of carbonyl (C=O) groups excluding carboxylic acids is 1. The maximum absolute atomic E-state index is 10.6. The van der Waals surface area contributed by atoms with E-state index in [1.54, 1.807) is 0 Å². The Balaban J connectivity index is 4.11. The van der Waals surface area contributed by atoms with Crippen LogP contribution in [-0.4, -0.2) is 34.8 Å². The fourth-order valence-corrected chi connectivity index (χ4v) is 0.537. The van der Waals surface area contributed by atoms with Gasteiger partial charge in [0.05, 0.1) is 0 Å². The molecule has 0 heterocycles. The normalized spacial score (nSPS) is 10.0. The van der Waals surface area contributed by atoms with Crippen LogP contribution in [0.25, 0.3) is 0 Å². The summed E-state index contributed by atoms with van der Waals surface area (Å²) in [6.07, 6.45) is 0.956. The maximum atomic E-state index is 10.6. The molecule has 62 valence electrons. The monoisotopic (exact) mass is 178 g/mol. The van der Waals surface area contributed by atoms with Gasteiger partial charge in [0, 0.05) is 18.7 Å². The van der Waals surface area contributed by atoms with Crippen LogP contribution in [-0.2, 0) is 9.59 Å². The lowest BCUT2D eigenvalue weighted by Gasteiger charge is -2.10. The fraction of sp³-hybridized carbons (Fsp3) is 0.400. The third-order valence-corrected chi connectivity index (χ3v) is 0.980. The number of halogens is 1. The van der Waals surface area contributed by atoms with Crippen LogP contribution in [0.4, 0.5) is 0 Å². The predicted octanol–water partition coefficient (Wildman–Crippen LogP) is 0.102. The van der Waals surface area contributed by atoms with Gasteiger partial charge >= 0.3 is 5.97 Å². The lowest BCUT2D eigenvalue weighted by Crippen LogP contribution is -2.32. The molecule has 0 rings (SSSR count). The number of hydrogen-bond acceptors (Lipinski definition) is 3. The van der Waals surface area contributed by atoms with Gasteiger partial charge in [0.1, 0.15) is 12.9 Å². The van der Waals surface area contributed by atoms with E-state index in [1.807, 2.05) is 0 Å². The molecule has 0 unspecified atom stereocenters. The van der Waals surface area contributed by atoms with Gasteiger partial charge in [-0.2, -0.15) is 4.51 Å². The lowest BCUT2D eigenvalue weighted by molar-refractivity contribution is -0.140. The van der Waals surface area contributed by atoms with E-state index in [-0.39, 0.29) is 0 Å². The van der Waals surface area contributed by atoms with Crippen molar-refractivity contribution in [2.45, 2.75) is 6.92 Å². The topological polar surface area (TPSA) is 70.0 Å². The van der Waals surface area contributed by atoms with Crippen molar-refractivity contribution in [1.29, 1.82) is 0 Å². The quantitative estimate of drug-likeness (QED) is 0.492. The molecule has 0 spiro atoms. The molecule has 0 saturated carbocycles. The smallest absolute Gasteiger partial charge is 0.323 e. The Morgan fingerprint density at radius 2 is 2.27 bits per heavy atom. The zero-order valence-electron chi connectivity index (χ0n) is 5.82. The summed E-state index contributed by atoms with van der Waals surface area (Å²) in [5.74, 6) is -1.53. The number of nitrogens with zero attached hydrogens (tertiary/aromatic N) is 2. The van der Waals surface area contributed by atoms with Gasteiger partial charge in [-0.15, -0.1) is 0 Å². The van der Waals surface area contributed by atoms with Crippen LogP contribution in [0.2, 0.25) is 0 Å². The van der Waals surface area contributed by atoms with Crippen molar-refractivity contribution in [3.63, 3.8) is 0 Å². The van der Waals surface area contributed by atoms with Crippen molar-refractivity contribution in [2.75, 3.05) is 6.54 Å². The summed E-state index contributed by atoms with van der Waals surface area (Å²) in [4.78, 5) is 21.6. The Morgan fingerprint density at radius 1 is 1.73 bits per heavy atom. The summed E-state index contributed by atoms with van der Waals surface area (Å²) < 4.78 is 3.00. The second-order valence-electron chi connectivity index (χ2n) is 1.75. The highest BCUT2D eigenvalue weighted by molar-refractivity contribution is 6.18. The first-order valence-corrected chi connectivity index (χ1v) is 3.05. The van der Waals surface area contributed by atoms with Crippen molar-refractivity contribution in [2.24, 2.45) is 4.51 Å². The van der Waals surface area contributed by atoms with Gasteiger partial charge in [-0.3, -0.25) is 14.5 Å². The number of rotatable bonds is 3. The van der Waals surface area contributed by atoms with E-state index in [0.29, 0.717) is 0 Å². The molecule has 0 aromatic carbocycles. The number of carboxylic acids is 1. The summed E-state index contributed by atoms with van der Waals surface area (Å²) >= 11 is 4.91. The summed E-state index contributed by atoms with van der Waals surface area (Å²) in [7, 11) is 0. The molecule has 0 aromatic heterocycles. The molecule has 6 heteroatoms. The SMILES string of the molecule is CC(=O)N(C=NCl)CC(=O)O. The molecule has 0 aliphatic carbocycles. The van der Waals surface area contributed by atoms with Gasteiger partial charge in [-0.25, -0.2) is 0 Å². The first kappa shape index (κ1) is 9.90. The zero-order valence-corrected chi connectivity index (χ0v) is 6.58. The standard InChI is InChI=1S/C5H7ClN2O3/c1-4(9)8(3-7-6)2-5(10)11/h3H,2H2,1H3,(H,10,11). The molecule has 0 radical (unpaired) electrons. The van der Waals surface area contributed by atoms with Crippen molar-refractivity contribution < 1.29 is 14.7 Å². The second-order valence-corrected chi connectivity index (χ2v) is 1.95. The number of amides is 1. The fourth-order valence-electron chi connectivity index (χ4n) is 0.432. The van der Waals surface area contributed by atoms with Crippen LogP contribution >= 0.6 is 11.8 Å². The van der Waals surface area contributed by atoms with Crippen LogP contribution in [0.1, 0.15) is 6.92 Å². The van der Waals surface area contributed by atoms with Crippen molar-refractivity contribution in [3.05, 3.63) is 0 Å². The van der Waals surface area contributed by atoms with E-state index in [0.717, 1.165) is 11.2 Å². The van der Waals surface area contributed by atoms with E-state index in [1.165, 1.54) is 6.92 Å². The molecule has 1 N–H and O–H groups in total. The van der Waals surface area contributed by atoms with Crippen molar-refractivity contribution >= 4 is 30.0 Å². The third kappa shape index (κ3) is 4.32. The van der Waals surface area contributed by atoms with Gasteiger partial charge < -0.3 is 5.11 Å². The third-order valence-electron chi connectivity index (χ3n) is 0.893. The highest BCUT2D eigenvalue weighted by Gasteiger charge is 2.09. The van der Waals surface area contributed by atoms with Crippen molar-refractivity contribution in [1.82, 2.24) is 4.90 Å². The van der Waals surface area contributed by atoms with Gasteiger partial charge in [-0.1, -0.05) is 0 Å². The molecular weight excluding hydrogens is 172 g/mol. The second kappa shape index (κ2) is 4.68. The molecular formula is C5H7ClN2O3. The molecule has 0 aromatic rings. The molecule has 0 atom stereocenters. The minimum Gasteiger partial charge on any atom is -0.480 e. The highest BCUT2D eigenvalue weighted by Crippen LogP contribution is 1.86. The lowest BCUT2D eigenvalue weighted by atomic mass is 10.5. The van der Waals surface area contributed by atoms with E-state index < -0.39 is 18.4 Å². The molecule has 0 fully saturated rings. The minimum atomic E-state index is -1.11. The van der Waals surface area contributed by atoms with Crippen LogP contribution in [0, 0.1) is 0 Å². The highest BCUT2D eigenvalue weighted by atomic mass is 35.5. The largest absolute Gasteiger partial charge is 0.480 e. The van der Waals surface area contributed by atoms with Crippen LogP contribution in [0.5, 0.6) is 0 Å². The average Bonchev–Trinajstić information content (AvgIpc) is 1.86. The van der Waals surface area contributed by atoms with Gasteiger partial charge in [-0.05, 0) is 0 Å². The van der Waals surface area contributed by atoms with Crippen LogP contribution in [0.15, 0.2) is 4.51 Å². The first-order valence-electron chi connectivity index (χ1n) is 2.71. The molecule has 0 saturated heterocycles. The average molecular weight is 179 g/mol. The maximum Gasteiger partial charge on any atom is 0.323 e. The molecule has 0 bridgehead atoms. The van der Waals surface area contributed by atoms with Crippen LogP contribution < -0.4 is 0 Å². The minimum absolute atomic E-state index is 0.420. The number of carbonyl (C=O) groups is 2. The number of hydrogen-bond donors (Lipinski definition) is 1. The Morgan fingerprint density at radius 3 is 2.55 bits per heavy atom. The number of carboxylic acid groups (broad SMARTS) is 1. The van der Waals surface area contributed by atoms with E-state index in [2.05, 4.69) is 4.51 Å². The van der Waals surface area contributed by atoms with Gasteiger partial charge in [0.2, 0.25) is 5.91 Å². The van der Waals surface area contributed by atoms with E-state index >= 15 is 0 Å². The molecule has 5 nitrogen and oxygen atoms in total. The summed E-state index contributed by atoms with van der Waals surface area (Å²) in [5.41, 5.74) is 0. The van der Waals surface area contributed by atoms with Gasteiger partial charge in [0.25, 0.3) is 0 Å². The Kier molecular flexibility index (Phi) is 4.21. The molecule has 1 amide bonds. The summed E-state index contributed by atoms with van der Waals surface area (Å²) in [6, 6.07) is 0. The van der Waals surface area contributed by atoms with Crippen molar-refractivity contribution in [3.8, 4) is 0 Å². The molecule has 11 heavy (non-hydrogen) atoms. The van der Waals surface area contributed by atoms with E-state index in [4.69, 9.17) is 16.9 Å². The number of aliphatic carboxylic acids is 1. The summed E-state index contributed by atoms with van der Waals surface area (Å²) in [6.45, 7) is 0.799. The van der Waals surface area contributed by atoms with E-state index in [9.17, 15) is 9.59 Å². The molecule has 0 aliphatic rings. The van der Waals surface area contributed by atoms with Gasteiger partial charge in [0.15, 0.2) is 0 Å². The summed E-state index contributed by atoms with van der Waals surface area (Å²) in [5, 5.41) is 8.26. The Bertz CT molecular complexity index is 192. The first-order chi connectivity index (χ1) is 5.07. The predicted molar refractivity (Wildman–Crippen MR) is 39.4 cm³/mol. The zero-order chi connectivity index (χ0) is 8.85. The Hall–Kier alpha value is -1.10. The van der Waals surface area contributed by atoms with Crippen LogP contribution in [0.3, 0.4) is 0 Å². The molecule has 0 aliphatic heterocycles.